The molecular weight excluding hydrogens is 370 g/mol. The molecule has 1 atom stereocenters. The molecular formula is C19H16BrNO3. The summed E-state index contributed by atoms with van der Waals surface area (Å²) in [5.41, 5.74) is -0.355. The lowest BCUT2D eigenvalue weighted by Crippen LogP contribution is -2.41. The van der Waals surface area contributed by atoms with Crippen LogP contribution in [-0.2, 0) is 10.4 Å². The fraction of sp³-hybridized carbons (Fsp3) is 0.158. The highest BCUT2D eigenvalue weighted by molar-refractivity contribution is 9.10. The Kier molecular flexibility index (Phi) is 4.39. The Morgan fingerprint density at radius 3 is 2.62 bits per heavy atom. The molecule has 0 aromatic heterocycles. The van der Waals surface area contributed by atoms with E-state index in [2.05, 4.69) is 22.5 Å². The van der Waals surface area contributed by atoms with Gasteiger partial charge in [-0.2, -0.15) is 0 Å². The minimum absolute atomic E-state index is 0.273. The molecule has 1 N–H and O–H groups in total. The Hall–Kier alpha value is -2.24. The second-order valence-corrected chi connectivity index (χ2v) is 6.61. The number of halogens is 1. The zero-order valence-electron chi connectivity index (χ0n) is 12.9. The minimum Gasteiger partial charge on any atom is -0.375 e. The van der Waals surface area contributed by atoms with Crippen molar-refractivity contribution in [3.63, 3.8) is 0 Å². The van der Waals surface area contributed by atoms with Gasteiger partial charge in [-0.05, 0) is 18.2 Å². The third kappa shape index (κ3) is 2.70. The Morgan fingerprint density at radius 2 is 1.96 bits per heavy atom. The number of ketones is 1. The van der Waals surface area contributed by atoms with E-state index in [-0.39, 0.29) is 18.7 Å². The largest absolute Gasteiger partial charge is 0.375 e. The van der Waals surface area contributed by atoms with Crippen LogP contribution >= 0.6 is 15.9 Å². The van der Waals surface area contributed by atoms with Crippen LogP contribution in [0.4, 0.5) is 5.69 Å². The summed E-state index contributed by atoms with van der Waals surface area (Å²) in [6.07, 6.45) is 1.29. The fourth-order valence-corrected chi connectivity index (χ4v) is 3.32. The topological polar surface area (TPSA) is 57.6 Å². The molecule has 0 bridgehead atoms. The monoisotopic (exact) mass is 385 g/mol. The smallest absolute Gasteiger partial charge is 0.264 e. The number of hydrogen-bond acceptors (Lipinski definition) is 3. The van der Waals surface area contributed by atoms with Crippen molar-refractivity contribution in [2.75, 3.05) is 11.4 Å². The summed E-state index contributed by atoms with van der Waals surface area (Å²) in [7, 11) is 0. The summed E-state index contributed by atoms with van der Waals surface area (Å²) >= 11 is 3.36. The molecule has 0 saturated carbocycles. The standard InChI is InChI=1S/C19H16BrNO3/c1-2-10-21-16-9-8-14(20)11-15(16)19(24,18(21)23)12-17(22)13-6-4-3-5-7-13/h2-9,11,24H,1,10,12H2. The first-order chi connectivity index (χ1) is 11.5. The van der Waals surface area contributed by atoms with Crippen molar-refractivity contribution in [3.05, 3.63) is 76.8 Å². The van der Waals surface area contributed by atoms with E-state index in [1.807, 2.05) is 6.07 Å². The molecule has 1 amide bonds. The van der Waals surface area contributed by atoms with Crippen molar-refractivity contribution in [3.8, 4) is 0 Å². The van der Waals surface area contributed by atoms with Crippen LogP contribution in [0.3, 0.4) is 0 Å². The Morgan fingerprint density at radius 1 is 1.25 bits per heavy atom. The summed E-state index contributed by atoms with van der Waals surface area (Å²) < 4.78 is 0.736. The highest BCUT2D eigenvalue weighted by Crippen LogP contribution is 2.44. The van der Waals surface area contributed by atoms with E-state index in [0.717, 1.165) is 4.47 Å². The summed E-state index contributed by atoms with van der Waals surface area (Å²) in [5.74, 6) is -0.780. The molecule has 122 valence electrons. The van der Waals surface area contributed by atoms with Gasteiger partial charge >= 0.3 is 0 Å². The van der Waals surface area contributed by atoms with E-state index in [0.29, 0.717) is 16.8 Å². The quantitative estimate of drug-likeness (QED) is 0.633. The van der Waals surface area contributed by atoms with Gasteiger partial charge in [0.25, 0.3) is 5.91 Å². The molecule has 0 saturated heterocycles. The summed E-state index contributed by atoms with van der Waals surface area (Å²) in [6, 6.07) is 13.9. The van der Waals surface area contributed by atoms with Crippen molar-refractivity contribution in [2.24, 2.45) is 0 Å². The Bertz CT molecular complexity index is 819. The Balaban J connectivity index is 2.03. The average molecular weight is 386 g/mol. The molecule has 0 fully saturated rings. The van der Waals surface area contributed by atoms with Gasteiger partial charge in [0.05, 0.1) is 12.1 Å². The third-order valence-electron chi connectivity index (χ3n) is 4.12. The number of carbonyl (C=O) groups excluding carboxylic acids is 2. The number of aliphatic hydroxyl groups is 1. The van der Waals surface area contributed by atoms with Crippen molar-refractivity contribution in [2.45, 2.75) is 12.0 Å². The normalized spacial score (nSPS) is 19.2. The van der Waals surface area contributed by atoms with Gasteiger partial charge in [0, 0.05) is 22.1 Å². The van der Waals surface area contributed by atoms with Gasteiger partial charge in [-0.25, -0.2) is 0 Å². The van der Waals surface area contributed by atoms with Crippen LogP contribution in [0.5, 0.6) is 0 Å². The van der Waals surface area contributed by atoms with Crippen LogP contribution in [0.1, 0.15) is 22.3 Å². The van der Waals surface area contributed by atoms with E-state index in [9.17, 15) is 14.7 Å². The molecule has 2 aromatic rings. The molecule has 0 spiro atoms. The second kappa shape index (κ2) is 6.34. The van der Waals surface area contributed by atoms with Gasteiger partial charge in [-0.3, -0.25) is 9.59 Å². The second-order valence-electron chi connectivity index (χ2n) is 5.69. The first-order valence-corrected chi connectivity index (χ1v) is 8.30. The molecule has 1 unspecified atom stereocenters. The van der Waals surface area contributed by atoms with Crippen LogP contribution in [0.15, 0.2) is 65.7 Å². The highest BCUT2D eigenvalue weighted by Gasteiger charge is 2.50. The lowest BCUT2D eigenvalue weighted by molar-refractivity contribution is -0.135. The van der Waals surface area contributed by atoms with Crippen molar-refractivity contribution in [1.82, 2.24) is 0 Å². The minimum atomic E-state index is -1.87. The lowest BCUT2D eigenvalue weighted by Gasteiger charge is -2.22. The van der Waals surface area contributed by atoms with Gasteiger partial charge in [-0.15, -0.1) is 6.58 Å². The molecule has 1 aliphatic heterocycles. The maximum absolute atomic E-state index is 12.8. The molecule has 24 heavy (non-hydrogen) atoms. The summed E-state index contributed by atoms with van der Waals surface area (Å²) in [5, 5.41) is 11.1. The molecule has 0 radical (unpaired) electrons. The highest BCUT2D eigenvalue weighted by atomic mass is 79.9. The molecule has 1 heterocycles. The average Bonchev–Trinajstić information content (AvgIpc) is 2.78. The van der Waals surface area contributed by atoms with Crippen LogP contribution < -0.4 is 4.90 Å². The van der Waals surface area contributed by atoms with Gasteiger partial charge < -0.3 is 10.0 Å². The SMILES string of the molecule is C=CCN1C(=O)C(O)(CC(=O)c2ccccc2)c2cc(Br)ccc21. The van der Waals surface area contributed by atoms with Crippen LogP contribution in [0, 0.1) is 0 Å². The zero-order chi connectivity index (χ0) is 17.3. The van der Waals surface area contributed by atoms with Crippen molar-refractivity contribution in [1.29, 1.82) is 0 Å². The summed E-state index contributed by atoms with van der Waals surface area (Å²) in [4.78, 5) is 26.8. The number of anilines is 1. The van der Waals surface area contributed by atoms with Gasteiger partial charge in [0.2, 0.25) is 0 Å². The first kappa shape index (κ1) is 16.6. The molecule has 0 aliphatic carbocycles. The number of carbonyl (C=O) groups is 2. The molecule has 4 nitrogen and oxygen atoms in total. The van der Waals surface area contributed by atoms with E-state index in [4.69, 9.17) is 0 Å². The van der Waals surface area contributed by atoms with Crippen molar-refractivity contribution >= 4 is 33.3 Å². The Labute approximate surface area is 148 Å². The number of amides is 1. The number of fused-ring (bicyclic) bond motifs is 1. The van der Waals surface area contributed by atoms with Gasteiger partial charge in [0.1, 0.15) is 0 Å². The van der Waals surface area contributed by atoms with Crippen LogP contribution in [0.25, 0.3) is 0 Å². The van der Waals surface area contributed by atoms with Gasteiger partial charge in [0.15, 0.2) is 11.4 Å². The third-order valence-corrected chi connectivity index (χ3v) is 4.61. The molecule has 1 aliphatic rings. The summed E-state index contributed by atoms with van der Waals surface area (Å²) in [6.45, 7) is 3.93. The van der Waals surface area contributed by atoms with E-state index < -0.39 is 11.5 Å². The number of Topliss-reactive ketones (excluding diaryl/α,β-unsaturated/α-hetero) is 1. The van der Waals surface area contributed by atoms with Crippen LogP contribution in [0.2, 0.25) is 0 Å². The number of benzene rings is 2. The molecule has 5 heteroatoms. The maximum atomic E-state index is 12.8. The molecule has 3 rings (SSSR count). The predicted octanol–water partition coefficient (Wildman–Crippen LogP) is 3.44. The number of hydrogen-bond donors (Lipinski definition) is 1. The van der Waals surface area contributed by atoms with E-state index in [1.54, 1.807) is 48.5 Å². The number of nitrogens with zero attached hydrogens (tertiary/aromatic N) is 1. The van der Waals surface area contributed by atoms with Gasteiger partial charge in [-0.1, -0.05) is 52.3 Å². The predicted molar refractivity (Wildman–Crippen MR) is 96.0 cm³/mol. The first-order valence-electron chi connectivity index (χ1n) is 7.51. The zero-order valence-corrected chi connectivity index (χ0v) is 14.5. The number of rotatable bonds is 5. The van der Waals surface area contributed by atoms with E-state index in [1.165, 1.54) is 4.90 Å². The molecule has 2 aromatic carbocycles. The maximum Gasteiger partial charge on any atom is 0.264 e. The fourth-order valence-electron chi connectivity index (χ4n) is 2.96. The van der Waals surface area contributed by atoms with Crippen LogP contribution in [-0.4, -0.2) is 23.3 Å². The van der Waals surface area contributed by atoms with E-state index >= 15 is 0 Å². The van der Waals surface area contributed by atoms with Crippen molar-refractivity contribution < 1.29 is 14.7 Å². The lowest BCUT2D eigenvalue weighted by atomic mass is 9.88.